The smallest absolute Gasteiger partial charge is 0.433 e. The van der Waals surface area contributed by atoms with E-state index in [2.05, 4.69) is 15.3 Å². The van der Waals surface area contributed by atoms with Crippen LogP contribution >= 0.6 is 0 Å². The first-order valence-corrected chi connectivity index (χ1v) is 6.64. The van der Waals surface area contributed by atoms with Gasteiger partial charge >= 0.3 is 17.9 Å². The van der Waals surface area contributed by atoms with Gasteiger partial charge < -0.3 is 15.0 Å². The molecule has 0 aromatic rings. The van der Waals surface area contributed by atoms with Crippen LogP contribution in [0.5, 0.6) is 0 Å². The molecule has 108 valence electrons. The van der Waals surface area contributed by atoms with Crippen LogP contribution in [0.15, 0.2) is 5.16 Å². The molecule has 1 heterocycles. The Bertz CT molecular complexity index is 342. The summed E-state index contributed by atoms with van der Waals surface area (Å²) in [5.74, 6) is -0.500. The number of amides is 2. The largest absolute Gasteiger partial charge is 0.470 e. The highest BCUT2D eigenvalue weighted by Gasteiger charge is 2.26. The van der Waals surface area contributed by atoms with Crippen molar-refractivity contribution in [1.82, 2.24) is 10.2 Å². The fourth-order valence-corrected chi connectivity index (χ4v) is 1.58. The van der Waals surface area contributed by atoms with Gasteiger partial charge in [0.2, 0.25) is 0 Å². The maximum Gasteiger partial charge on any atom is 0.433 e. The number of hydrogen-bond acceptors (Lipinski definition) is 5. The number of carbonyl (C=O) groups is 2. The van der Waals surface area contributed by atoms with Crippen LogP contribution in [0.2, 0.25) is 0 Å². The predicted octanol–water partition coefficient (Wildman–Crippen LogP) is 1.09. The van der Waals surface area contributed by atoms with E-state index in [0.717, 1.165) is 19.3 Å². The molecule has 0 aliphatic carbocycles. The van der Waals surface area contributed by atoms with E-state index < -0.39 is 6.09 Å². The number of ether oxygens (including phenoxy) is 1. The van der Waals surface area contributed by atoms with Gasteiger partial charge in [0, 0.05) is 13.1 Å². The molecule has 0 unspecified atom stereocenters. The normalized spacial score (nSPS) is 17.3. The lowest BCUT2D eigenvalue weighted by Crippen LogP contribution is -2.45. The lowest BCUT2D eigenvalue weighted by atomic mass is 10.3. The van der Waals surface area contributed by atoms with Crippen molar-refractivity contribution < 1.29 is 19.2 Å². The van der Waals surface area contributed by atoms with Crippen molar-refractivity contribution in [2.24, 2.45) is 5.16 Å². The topological polar surface area (TPSA) is 80.2 Å². The Labute approximate surface area is 112 Å². The van der Waals surface area contributed by atoms with Gasteiger partial charge in [0.15, 0.2) is 0 Å². The molecule has 1 N–H and O–H groups in total. The molecule has 0 saturated carbocycles. The highest BCUT2D eigenvalue weighted by Crippen LogP contribution is 2.03. The fourth-order valence-electron chi connectivity index (χ4n) is 1.58. The van der Waals surface area contributed by atoms with Crippen molar-refractivity contribution in [1.29, 1.82) is 0 Å². The van der Waals surface area contributed by atoms with E-state index in [1.165, 1.54) is 0 Å². The van der Waals surface area contributed by atoms with Crippen molar-refractivity contribution in [3.05, 3.63) is 0 Å². The molecule has 1 saturated heterocycles. The van der Waals surface area contributed by atoms with Gasteiger partial charge in [-0.05, 0) is 18.0 Å². The standard InChI is InChI=1S/C12H21N3O4/c1-3-5-6-13-12(17)19-14-10-11(16)15(7-4-2)8-9-18-10/h3-9H2,1-2H3,(H,13,17). The Kier molecular flexibility index (Phi) is 6.70. The van der Waals surface area contributed by atoms with Gasteiger partial charge in [-0.15, -0.1) is 0 Å². The lowest BCUT2D eigenvalue weighted by Gasteiger charge is -2.26. The van der Waals surface area contributed by atoms with Crippen LogP contribution < -0.4 is 5.32 Å². The minimum Gasteiger partial charge on any atom is -0.470 e. The van der Waals surface area contributed by atoms with Crippen molar-refractivity contribution in [2.45, 2.75) is 33.1 Å². The Morgan fingerprint density at radius 3 is 2.95 bits per heavy atom. The molecule has 1 rings (SSSR count). The first kappa shape index (κ1) is 15.3. The summed E-state index contributed by atoms with van der Waals surface area (Å²) in [5, 5.41) is 5.99. The summed E-state index contributed by atoms with van der Waals surface area (Å²) >= 11 is 0. The third-order valence-corrected chi connectivity index (χ3v) is 2.57. The van der Waals surface area contributed by atoms with Crippen LogP contribution in [0.4, 0.5) is 4.79 Å². The van der Waals surface area contributed by atoms with Gasteiger partial charge in [-0.2, -0.15) is 0 Å². The van der Waals surface area contributed by atoms with E-state index in [9.17, 15) is 9.59 Å². The van der Waals surface area contributed by atoms with Gasteiger partial charge in [0.05, 0.1) is 6.54 Å². The van der Waals surface area contributed by atoms with Gasteiger partial charge in [0.25, 0.3) is 0 Å². The molecule has 0 spiro atoms. The Hall–Kier alpha value is -1.79. The minimum atomic E-state index is -0.676. The summed E-state index contributed by atoms with van der Waals surface area (Å²) < 4.78 is 5.10. The molecular weight excluding hydrogens is 250 g/mol. The highest BCUT2D eigenvalue weighted by atomic mass is 16.7. The van der Waals surface area contributed by atoms with E-state index in [0.29, 0.717) is 26.2 Å². The zero-order valence-corrected chi connectivity index (χ0v) is 11.5. The van der Waals surface area contributed by atoms with Crippen LogP contribution in [0.25, 0.3) is 0 Å². The first-order chi connectivity index (χ1) is 9.19. The number of hydrogen-bond donors (Lipinski definition) is 1. The van der Waals surface area contributed by atoms with Crippen LogP contribution in [-0.2, 0) is 14.4 Å². The Balaban J connectivity index is 2.42. The zero-order valence-electron chi connectivity index (χ0n) is 11.5. The Morgan fingerprint density at radius 2 is 2.26 bits per heavy atom. The quantitative estimate of drug-likeness (QED) is 0.445. The van der Waals surface area contributed by atoms with Crippen LogP contribution in [0.3, 0.4) is 0 Å². The highest BCUT2D eigenvalue weighted by molar-refractivity contribution is 6.35. The number of rotatable bonds is 6. The molecule has 19 heavy (non-hydrogen) atoms. The summed E-state index contributed by atoms with van der Waals surface area (Å²) in [6, 6.07) is 0. The molecule has 2 amide bonds. The van der Waals surface area contributed by atoms with E-state index in [-0.39, 0.29) is 11.8 Å². The van der Waals surface area contributed by atoms with Crippen LogP contribution in [0.1, 0.15) is 33.1 Å². The van der Waals surface area contributed by atoms with Crippen LogP contribution in [-0.4, -0.2) is 49.0 Å². The molecule has 1 aliphatic heterocycles. The summed E-state index contributed by atoms with van der Waals surface area (Å²) in [4.78, 5) is 29.3. The minimum absolute atomic E-state index is 0.162. The summed E-state index contributed by atoms with van der Waals surface area (Å²) in [6.07, 6.45) is 2.02. The zero-order chi connectivity index (χ0) is 14.1. The van der Waals surface area contributed by atoms with Gasteiger partial charge in [-0.25, -0.2) is 4.79 Å². The number of nitrogens with zero attached hydrogens (tertiary/aromatic N) is 2. The first-order valence-electron chi connectivity index (χ1n) is 6.64. The van der Waals surface area contributed by atoms with E-state index in [4.69, 9.17) is 4.74 Å². The fraction of sp³-hybridized carbons (Fsp3) is 0.750. The number of nitrogens with one attached hydrogen (secondary N) is 1. The molecule has 0 aromatic carbocycles. The summed E-state index contributed by atoms with van der Waals surface area (Å²) in [6.45, 7) is 6.07. The maximum absolute atomic E-state index is 11.8. The summed E-state index contributed by atoms with van der Waals surface area (Å²) in [5.41, 5.74) is 0. The second-order valence-corrected chi connectivity index (χ2v) is 4.20. The van der Waals surface area contributed by atoms with E-state index >= 15 is 0 Å². The molecule has 0 radical (unpaired) electrons. The maximum atomic E-state index is 11.8. The number of unbranched alkanes of at least 4 members (excludes halogenated alkanes) is 1. The van der Waals surface area contributed by atoms with Crippen LogP contribution in [0, 0.1) is 0 Å². The Morgan fingerprint density at radius 1 is 1.47 bits per heavy atom. The predicted molar refractivity (Wildman–Crippen MR) is 69.6 cm³/mol. The second kappa shape index (κ2) is 8.34. The third kappa shape index (κ3) is 5.15. The SMILES string of the molecule is CCCCNC(=O)ON=C1OCCN(CCC)C1=O. The third-order valence-electron chi connectivity index (χ3n) is 2.57. The van der Waals surface area contributed by atoms with Gasteiger partial charge in [0.1, 0.15) is 6.61 Å². The van der Waals surface area contributed by atoms with E-state index in [1.807, 2.05) is 13.8 Å². The average Bonchev–Trinajstić information content (AvgIpc) is 2.40. The second-order valence-electron chi connectivity index (χ2n) is 4.20. The molecular formula is C12H21N3O4. The molecule has 0 atom stereocenters. The summed E-state index contributed by atoms with van der Waals surface area (Å²) in [7, 11) is 0. The van der Waals surface area contributed by atoms with Crippen molar-refractivity contribution in [2.75, 3.05) is 26.2 Å². The number of morpholine rings is 1. The molecule has 0 bridgehead atoms. The molecule has 7 nitrogen and oxygen atoms in total. The molecule has 1 aliphatic rings. The monoisotopic (exact) mass is 271 g/mol. The number of carbonyl (C=O) groups excluding carboxylic acids is 2. The lowest BCUT2D eigenvalue weighted by molar-refractivity contribution is -0.128. The average molecular weight is 271 g/mol. The van der Waals surface area contributed by atoms with E-state index in [1.54, 1.807) is 4.90 Å². The molecule has 7 heteroatoms. The van der Waals surface area contributed by atoms with Crippen molar-refractivity contribution >= 4 is 17.9 Å². The van der Waals surface area contributed by atoms with Gasteiger partial charge in [-0.1, -0.05) is 20.3 Å². The number of oxime groups is 1. The molecule has 1 fully saturated rings. The van der Waals surface area contributed by atoms with Crippen molar-refractivity contribution in [3.63, 3.8) is 0 Å². The van der Waals surface area contributed by atoms with Crippen molar-refractivity contribution in [3.8, 4) is 0 Å². The molecule has 0 aromatic heterocycles. The van der Waals surface area contributed by atoms with Gasteiger partial charge in [-0.3, -0.25) is 9.63 Å².